The van der Waals surface area contributed by atoms with Gasteiger partial charge in [0.05, 0.1) is 31.2 Å². The maximum atomic E-state index is 11.8. The van der Waals surface area contributed by atoms with Crippen LogP contribution in [0.5, 0.6) is 0 Å². The molecule has 4 heterocycles. The molecule has 0 bridgehead atoms. The van der Waals surface area contributed by atoms with Crippen LogP contribution in [0, 0.1) is 0 Å². The lowest BCUT2D eigenvalue weighted by molar-refractivity contribution is 0.482. The zero-order valence-electron chi connectivity index (χ0n) is 19.0. The minimum Gasteiger partial charge on any atom is -0.351 e. The maximum Gasteiger partial charge on any atom is 0.266 e. The van der Waals surface area contributed by atoms with Crippen molar-refractivity contribution < 1.29 is 0 Å². The standard InChI is InChI=1S/C24H24N10O/c35-22-6-3-11-26-33(22)13-12-32-16-18(14-27-32)17-7-9-20(10-8-17)34-23-21(30-31-34)15-25-24(29-23)28-19-4-1-2-5-19/h3,6-11,14-16,19H,1-2,4-5,12-13H2,(H,25,28,29). The fraction of sp³-hybridized carbons (Fsp3) is 0.292. The van der Waals surface area contributed by atoms with E-state index in [0.29, 0.717) is 36.2 Å². The fourth-order valence-electron chi connectivity index (χ4n) is 4.41. The Morgan fingerprint density at radius 2 is 1.83 bits per heavy atom. The van der Waals surface area contributed by atoms with Gasteiger partial charge in [-0.3, -0.25) is 9.48 Å². The molecule has 0 saturated heterocycles. The highest BCUT2D eigenvalue weighted by Gasteiger charge is 2.17. The third-order valence-electron chi connectivity index (χ3n) is 6.29. The average molecular weight is 469 g/mol. The normalized spacial score (nSPS) is 14.1. The third-order valence-corrected chi connectivity index (χ3v) is 6.29. The van der Waals surface area contributed by atoms with Crippen LogP contribution in [0.2, 0.25) is 0 Å². The molecule has 0 amide bonds. The number of anilines is 1. The average Bonchev–Trinajstić information content (AvgIpc) is 3.65. The zero-order chi connectivity index (χ0) is 23.6. The lowest BCUT2D eigenvalue weighted by atomic mass is 10.1. The van der Waals surface area contributed by atoms with E-state index in [-0.39, 0.29) is 5.56 Å². The minimum atomic E-state index is -0.122. The highest BCUT2D eigenvalue weighted by molar-refractivity contribution is 5.72. The molecule has 0 aliphatic heterocycles. The van der Waals surface area contributed by atoms with E-state index in [0.717, 1.165) is 29.7 Å². The van der Waals surface area contributed by atoms with E-state index < -0.39 is 0 Å². The van der Waals surface area contributed by atoms with Crippen LogP contribution in [-0.2, 0) is 13.1 Å². The van der Waals surface area contributed by atoms with Gasteiger partial charge in [0, 0.05) is 30.1 Å². The number of aryl methyl sites for hydroxylation is 2. The maximum absolute atomic E-state index is 11.8. The van der Waals surface area contributed by atoms with E-state index in [4.69, 9.17) is 0 Å². The molecule has 4 aromatic heterocycles. The molecule has 0 unspecified atom stereocenters. The largest absolute Gasteiger partial charge is 0.351 e. The van der Waals surface area contributed by atoms with Crippen molar-refractivity contribution in [3.63, 3.8) is 0 Å². The summed E-state index contributed by atoms with van der Waals surface area (Å²) in [7, 11) is 0. The molecular formula is C24H24N10O. The highest BCUT2D eigenvalue weighted by atomic mass is 16.1. The van der Waals surface area contributed by atoms with Gasteiger partial charge >= 0.3 is 0 Å². The number of benzene rings is 1. The topological polar surface area (TPSA) is 121 Å². The highest BCUT2D eigenvalue weighted by Crippen LogP contribution is 2.23. The van der Waals surface area contributed by atoms with Crippen molar-refractivity contribution in [1.29, 1.82) is 0 Å². The van der Waals surface area contributed by atoms with Crippen molar-refractivity contribution in [2.45, 2.75) is 44.8 Å². The molecule has 35 heavy (non-hydrogen) atoms. The molecule has 1 fully saturated rings. The Kier molecular flexibility index (Phi) is 5.49. The molecule has 1 aromatic carbocycles. The van der Waals surface area contributed by atoms with E-state index >= 15 is 0 Å². The van der Waals surface area contributed by atoms with Crippen molar-refractivity contribution in [2.24, 2.45) is 0 Å². The van der Waals surface area contributed by atoms with Gasteiger partial charge < -0.3 is 5.32 Å². The first kappa shape index (κ1) is 21.1. The number of nitrogens with zero attached hydrogens (tertiary/aromatic N) is 9. The van der Waals surface area contributed by atoms with Crippen LogP contribution in [0.4, 0.5) is 5.95 Å². The second-order valence-corrected chi connectivity index (χ2v) is 8.65. The summed E-state index contributed by atoms with van der Waals surface area (Å²) in [6.07, 6.45) is 11.9. The molecule has 1 saturated carbocycles. The molecule has 0 spiro atoms. The van der Waals surface area contributed by atoms with E-state index in [1.165, 1.54) is 23.6 Å². The van der Waals surface area contributed by atoms with Crippen LogP contribution in [0.25, 0.3) is 28.0 Å². The van der Waals surface area contributed by atoms with Crippen LogP contribution in [0.1, 0.15) is 25.7 Å². The quantitative estimate of drug-likeness (QED) is 0.387. The van der Waals surface area contributed by atoms with Gasteiger partial charge in [0.1, 0.15) is 0 Å². The molecule has 176 valence electrons. The Bertz CT molecular complexity index is 1510. The van der Waals surface area contributed by atoms with Gasteiger partial charge in [-0.2, -0.15) is 19.9 Å². The number of fused-ring (bicyclic) bond motifs is 1. The SMILES string of the molecule is O=c1cccnn1CCn1cc(-c2ccc(-n3nnc4cnc(NC5CCCC5)nc43)cc2)cn1. The summed E-state index contributed by atoms with van der Waals surface area (Å²) in [5.74, 6) is 0.616. The zero-order valence-corrected chi connectivity index (χ0v) is 19.0. The Balaban J connectivity index is 1.19. The second kappa shape index (κ2) is 9.09. The summed E-state index contributed by atoms with van der Waals surface area (Å²) < 4.78 is 4.97. The molecule has 1 aliphatic rings. The monoisotopic (exact) mass is 468 g/mol. The van der Waals surface area contributed by atoms with Crippen molar-refractivity contribution >= 4 is 17.1 Å². The van der Waals surface area contributed by atoms with Crippen molar-refractivity contribution in [1.82, 2.24) is 44.5 Å². The van der Waals surface area contributed by atoms with Crippen molar-refractivity contribution in [2.75, 3.05) is 5.32 Å². The number of hydrogen-bond acceptors (Lipinski definition) is 8. The lowest BCUT2D eigenvalue weighted by Gasteiger charge is -2.11. The van der Waals surface area contributed by atoms with Gasteiger partial charge in [-0.1, -0.05) is 30.2 Å². The summed E-state index contributed by atoms with van der Waals surface area (Å²) >= 11 is 0. The Morgan fingerprint density at radius 3 is 2.66 bits per heavy atom. The van der Waals surface area contributed by atoms with Crippen LogP contribution < -0.4 is 10.9 Å². The van der Waals surface area contributed by atoms with Crippen LogP contribution in [0.3, 0.4) is 0 Å². The summed E-state index contributed by atoms with van der Waals surface area (Å²) in [6.45, 7) is 1.01. The first-order valence-electron chi connectivity index (χ1n) is 11.7. The minimum absolute atomic E-state index is 0.122. The van der Waals surface area contributed by atoms with Gasteiger partial charge in [-0.25, -0.2) is 9.67 Å². The molecule has 0 atom stereocenters. The molecule has 1 N–H and O–H groups in total. The second-order valence-electron chi connectivity index (χ2n) is 8.65. The Labute approximate surface area is 200 Å². The molecule has 5 aromatic rings. The number of aromatic nitrogens is 9. The molecule has 1 aliphatic carbocycles. The van der Waals surface area contributed by atoms with Crippen LogP contribution in [0.15, 0.2) is 66.0 Å². The van der Waals surface area contributed by atoms with Crippen molar-refractivity contribution in [3.05, 3.63) is 71.5 Å². The molecule has 0 radical (unpaired) electrons. The fourth-order valence-corrected chi connectivity index (χ4v) is 4.41. The Morgan fingerprint density at radius 1 is 0.971 bits per heavy atom. The predicted molar refractivity (Wildman–Crippen MR) is 130 cm³/mol. The van der Waals surface area contributed by atoms with Gasteiger partial charge in [0.15, 0.2) is 11.2 Å². The summed E-state index contributed by atoms with van der Waals surface area (Å²) in [5.41, 5.74) is 4.08. The molecular weight excluding hydrogens is 444 g/mol. The van der Waals surface area contributed by atoms with E-state index in [2.05, 4.69) is 35.8 Å². The smallest absolute Gasteiger partial charge is 0.266 e. The molecule has 11 nitrogen and oxygen atoms in total. The van der Waals surface area contributed by atoms with Gasteiger partial charge in [0.2, 0.25) is 5.95 Å². The van der Waals surface area contributed by atoms with Gasteiger partial charge in [-0.15, -0.1) is 5.10 Å². The Hall–Kier alpha value is -4.41. The summed E-state index contributed by atoms with van der Waals surface area (Å²) in [5, 5.41) is 20.5. The van der Waals surface area contributed by atoms with E-state index in [9.17, 15) is 4.79 Å². The molecule has 11 heteroatoms. The number of nitrogens with one attached hydrogen (secondary N) is 1. The van der Waals surface area contributed by atoms with Crippen LogP contribution in [-0.4, -0.2) is 50.6 Å². The summed E-state index contributed by atoms with van der Waals surface area (Å²) in [4.78, 5) is 20.9. The van der Waals surface area contributed by atoms with E-state index in [1.54, 1.807) is 23.1 Å². The van der Waals surface area contributed by atoms with Gasteiger partial charge in [-0.05, 0) is 36.6 Å². The third kappa shape index (κ3) is 4.39. The lowest BCUT2D eigenvalue weighted by Crippen LogP contribution is -2.23. The van der Waals surface area contributed by atoms with Crippen molar-refractivity contribution in [3.8, 4) is 16.8 Å². The number of hydrogen-bond donors (Lipinski definition) is 1. The first-order valence-corrected chi connectivity index (χ1v) is 11.7. The number of rotatable bonds is 7. The first-order chi connectivity index (χ1) is 17.2. The van der Waals surface area contributed by atoms with Crippen LogP contribution >= 0.6 is 0 Å². The summed E-state index contributed by atoms with van der Waals surface area (Å²) in [6, 6.07) is 11.6. The van der Waals surface area contributed by atoms with Gasteiger partial charge in [0.25, 0.3) is 5.56 Å². The predicted octanol–water partition coefficient (Wildman–Crippen LogP) is 2.69. The van der Waals surface area contributed by atoms with E-state index in [1.807, 2.05) is 41.3 Å². The molecule has 6 rings (SSSR count).